The molecule has 2 nitrogen and oxygen atoms in total. The highest BCUT2D eigenvalue weighted by molar-refractivity contribution is 4.96. The van der Waals surface area contributed by atoms with Gasteiger partial charge in [0.05, 0.1) is 0 Å². The van der Waals surface area contributed by atoms with Crippen molar-refractivity contribution in [1.29, 1.82) is 0 Å². The largest absolute Gasteiger partial charge is 0.329 e. The molecule has 0 aromatic heterocycles. The van der Waals surface area contributed by atoms with Crippen LogP contribution in [0.15, 0.2) is 0 Å². The maximum atomic E-state index is 6.04. The van der Waals surface area contributed by atoms with Crippen LogP contribution in [0, 0.1) is 5.92 Å². The highest BCUT2D eigenvalue weighted by Gasteiger charge is 2.38. The zero-order valence-electron chi connectivity index (χ0n) is 10.2. The fourth-order valence-corrected chi connectivity index (χ4v) is 3.33. The van der Waals surface area contributed by atoms with E-state index < -0.39 is 0 Å². The van der Waals surface area contributed by atoms with Crippen molar-refractivity contribution in [1.82, 2.24) is 4.90 Å². The van der Waals surface area contributed by atoms with Crippen LogP contribution in [0.25, 0.3) is 0 Å². The molecular formula is C13H26N2. The van der Waals surface area contributed by atoms with E-state index in [1.807, 2.05) is 0 Å². The van der Waals surface area contributed by atoms with Crippen LogP contribution in [-0.2, 0) is 0 Å². The van der Waals surface area contributed by atoms with Crippen LogP contribution >= 0.6 is 0 Å². The third kappa shape index (κ3) is 2.21. The molecular weight excluding hydrogens is 184 g/mol. The molecule has 2 saturated carbocycles. The van der Waals surface area contributed by atoms with E-state index in [9.17, 15) is 0 Å². The molecule has 2 heteroatoms. The lowest BCUT2D eigenvalue weighted by Gasteiger charge is -2.43. The van der Waals surface area contributed by atoms with E-state index in [-0.39, 0.29) is 0 Å². The van der Waals surface area contributed by atoms with Crippen LogP contribution in [0.3, 0.4) is 0 Å². The third-order valence-corrected chi connectivity index (χ3v) is 4.67. The summed E-state index contributed by atoms with van der Waals surface area (Å²) in [5.74, 6) is 0.981. The monoisotopic (exact) mass is 210 g/mol. The fourth-order valence-electron chi connectivity index (χ4n) is 3.33. The van der Waals surface area contributed by atoms with Gasteiger partial charge in [0.2, 0.25) is 0 Å². The summed E-state index contributed by atoms with van der Waals surface area (Å²) in [6.07, 6.45) is 9.82. The molecule has 0 saturated heterocycles. The molecule has 2 fully saturated rings. The zero-order chi connectivity index (χ0) is 10.7. The van der Waals surface area contributed by atoms with E-state index in [2.05, 4.69) is 11.8 Å². The Kier molecular flexibility index (Phi) is 3.68. The highest BCUT2D eigenvalue weighted by atomic mass is 15.2. The summed E-state index contributed by atoms with van der Waals surface area (Å²) in [7, 11) is 0. The van der Waals surface area contributed by atoms with Crippen molar-refractivity contribution in [3.05, 3.63) is 0 Å². The van der Waals surface area contributed by atoms with Gasteiger partial charge in [0.25, 0.3) is 0 Å². The lowest BCUT2D eigenvalue weighted by Crippen LogP contribution is -2.53. The van der Waals surface area contributed by atoms with Crippen molar-refractivity contribution >= 4 is 0 Å². The number of hydrogen-bond donors (Lipinski definition) is 1. The molecule has 0 radical (unpaired) electrons. The fraction of sp³-hybridized carbons (Fsp3) is 1.00. The molecule has 0 spiro atoms. The van der Waals surface area contributed by atoms with E-state index in [0.717, 1.165) is 12.5 Å². The number of nitrogens with zero attached hydrogens (tertiary/aromatic N) is 1. The van der Waals surface area contributed by atoms with Crippen LogP contribution in [0.2, 0.25) is 0 Å². The predicted octanol–water partition coefficient (Wildman–Crippen LogP) is 2.38. The molecule has 0 aromatic rings. The van der Waals surface area contributed by atoms with E-state index in [0.29, 0.717) is 5.54 Å². The Hall–Kier alpha value is -0.0800. The zero-order valence-corrected chi connectivity index (χ0v) is 10.2. The second-order valence-corrected chi connectivity index (χ2v) is 5.47. The Morgan fingerprint density at radius 2 is 1.87 bits per heavy atom. The molecule has 2 aliphatic carbocycles. The molecule has 0 aromatic carbocycles. The summed E-state index contributed by atoms with van der Waals surface area (Å²) >= 11 is 0. The summed E-state index contributed by atoms with van der Waals surface area (Å²) < 4.78 is 0. The first-order chi connectivity index (χ1) is 7.30. The highest BCUT2D eigenvalue weighted by Crippen LogP contribution is 2.37. The van der Waals surface area contributed by atoms with Gasteiger partial charge in [-0.15, -0.1) is 0 Å². The molecule has 15 heavy (non-hydrogen) atoms. The van der Waals surface area contributed by atoms with Crippen molar-refractivity contribution in [3.8, 4) is 0 Å². The van der Waals surface area contributed by atoms with Crippen LogP contribution in [-0.4, -0.2) is 30.1 Å². The van der Waals surface area contributed by atoms with Crippen LogP contribution in [0.4, 0.5) is 0 Å². The molecule has 0 atom stereocenters. The summed E-state index contributed by atoms with van der Waals surface area (Å²) in [5.41, 5.74) is 6.42. The average Bonchev–Trinajstić information content (AvgIpc) is 2.66. The second kappa shape index (κ2) is 4.84. The molecule has 0 aliphatic heterocycles. The van der Waals surface area contributed by atoms with Gasteiger partial charge in [-0.2, -0.15) is 0 Å². The first-order valence-corrected chi connectivity index (χ1v) is 6.76. The molecule has 0 heterocycles. The Morgan fingerprint density at radius 3 is 2.27 bits per heavy atom. The SMILES string of the molecule is CCN(CC1CCC1)C1(CN)CCCC1. The summed E-state index contributed by atoms with van der Waals surface area (Å²) in [6, 6.07) is 0. The van der Waals surface area contributed by atoms with Gasteiger partial charge < -0.3 is 5.73 Å². The van der Waals surface area contributed by atoms with Gasteiger partial charge in [-0.1, -0.05) is 26.2 Å². The summed E-state index contributed by atoms with van der Waals surface area (Å²) in [6.45, 7) is 5.67. The van der Waals surface area contributed by atoms with Gasteiger partial charge in [0.1, 0.15) is 0 Å². The number of likely N-dealkylation sites (N-methyl/N-ethyl adjacent to an activating group) is 1. The minimum Gasteiger partial charge on any atom is -0.329 e. The van der Waals surface area contributed by atoms with Crippen molar-refractivity contribution in [2.24, 2.45) is 11.7 Å². The van der Waals surface area contributed by atoms with Crippen LogP contribution < -0.4 is 5.73 Å². The molecule has 2 rings (SSSR count). The van der Waals surface area contributed by atoms with E-state index in [4.69, 9.17) is 5.73 Å². The van der Waals surface area contributed by atoms with Crippen LogP contribution in [0.1, 0.15) is 51.9 Å². The molecule has 2 aliphatic rings. The van der Waals surface area contributed by atoms with Gasteiger partial charge >= 0.3 is 0 Å². The first-order valence-electron chi connectivity index (χ1n) is 6.76. The number of rotatable bonds is 5. The Labute approximate surface area is 94.2 Å². The average molecular weight is 210 g/mol. The Balaban J connectivity index is 1.95. The minimum atomic E-state index is 0.379. The molecule has 0 unspecified atom stereocenters. The van der Waals surface area contributed by atoms with Crippen molar-refractivity contribution in [3.63, 3.8) is 0 Å². The lowest BCUT2D eigenvalue weighted by atomic mass is 9.83. The Morgan fingerprint density at radius 1 is 1.20 bits per heavy atom. The Bertz CT molecular complexity index is 193. The maximum Gasteiger partial charge on any atom is 0.0331 e. The van der Waals surface area contributed by atoms with Crippen molar-refractivity contribution in [2.75, 3.05) is 19.6 Å². The van der Waals surface area contributed by atoms with Crippen molar-refractivity contribution < 1.29 is 0 Å². The smallest absolute Gasteiger partial charge is 0.0331 e. The van der Waals surface area contributed by atoms with E-state index in [1.54, 1.807) is 0 Å². The van der Waals surface area contributed by atoms with Gasteiger partial charge in [-0.05, 0) is 38.1 Å². The van der Waals surface area contributed by atoms with E-state index in [1.165, 1.54) is 58.0 Å². The third-order valence-electron chi connectivity index (χ3n) is 4.67. The normalized spacial score (nSPS) is 25.8. The summed E-state index contributed by atoms with van der Waals surface area (Å²) in [5, 5.41) is 0. The van der Waals surface area contributed by atoms with Gasteiger partial charge in [-0.25, -0.2) is 0 Å². The number of nitrogens with two attached hydrogens (primary N) is 1. The maximum absolute atomic E-state index is 6.04. The molecule has 0 bridgehead atoms. The van der Waals surface area contributed by atoms with Gasteiger partial charge in [0.15, 0.2) is 0 Å². The number of hydrogen-bond acceptors (Lipinski definition) is 2. The standard InChI is InChI=1S/C13H26N2/c1-2-15(10-12-6-5-7-12)13(11-14)8-3-4-9-13/h12H,2-11,14H2,1H3. The lowest BCUT2D eigenvalue weighted by molar-refractivity contribution is 0.0675. The second-order valence-electron chi connectivity index (χ2n) is 5.47. The first kappa shape index (κ1) is 11.4. The minimum absolute atomic E-state index is 0.379. The predicted molar refractivity (Wildman–Crippen MR) is 64.8 cm³/mol. The van der Waals surface area contributed by atoms with Crippen LogP contribution in [0.5, 0.6) is 0 Å². The molecule has 88 valence electrons. The molecule has 2 N–H and O–H groups in total. The van der Waals surface area contributed by atoms with Gasteiger partial charge in [0, 0.05) is 18.6 Å². The summed E-state index contributed by atoms with van der Waals surface area (Å²) in [4.78, 5) is 2.70. The van der Waals surface area contributed by atoms with Gasteiger partial charge in [-0.3, -0.25) is 4.90 Å². The van der Waals surface area contributed by atoms with Crippen molar-refractivity contribution in [2.45, 2.75) is 57.4 Å². The van der Waals surface area contributed by atoms with E-state index >= 15 is 0 Å². The quantitative estimate of drug-likeness (QED) is 0.755. The molecule has 0 amide bonds. The topological polar surface area (TPSA) is 29.3 Å².